The quantitative estimate of drug-likeness (QED) is 0.820. The van der Waals surface area contributed by atoms with Crippen LogP contribution in [-0.4, -0.2) is 43.8 Å². The summed E-state index contributed by atoms with van der Waals surface area (Å²) in [6, 6.07) is 15.9. The van der Waals surface area contributed by atoms with Crippen LogP contribution in [0.5, 0.6) is 0 Å². The van der Waals surface area contributed by atoms with Crippen molar-refractivity contribution in [3.05, 3.63) is 71.5 Å². The first-order valence-electron chi connectivity index (χ1n) is 9.30. The summed E-state index contributed by atoms with van der Waals surface area (Å²) in [4.78, 5) is 14.6. The van der Waals surface area contributed by atoms with Crippen molar-refractivity contribution in [1.82, 2.24) is 15.5 Å². The first kappa shape index (κ1) is 19.3. The van der Waals surface area contributed by atoms with Crippen molar-refractivity contribution < 1.29 is 13.9 Å². The first-order valence-corrected chi connectivity index (χ1v) is 9.30. The zero-order chi connectivity index (χ0) is 19.1. The number of halogens is 1. The maximum Gasteiger partial charge on any atom is 0.315 e. The van der Waals surface area contributed by atoms with E-state index in [1.807, 2.05) is 43.3 Å². The number of benzene rings is 2. The summed E-state index contributed by atoms with van der Waals surface area (Å²) >= 11 is 0. The fourth-order valence-corrected chi connectivity index (χ4v) is 3.32. The highest BCUT2D eigenvalue weighted by Crippen LogP contribution is 2.22. The topological polar surface area (TPSA) is 53.6 Å². The Morgan fingerprint density at radius 3 is 2.52 bits per heavy atom. The number of carbonyl (C=O) groups excluding carboxylic acids is 1. The standard InChI is InChI=1S/C21H26FN3O2/c1-16(17-6-3-2-4-7-17)24-21(26)23-15-20(25-10-12-27-13-11-25)18-8-5-9-19(22)14-18/h2-9,14,16,20H,10-13,15H2,1H3,(H2,23,24,26). The molecule has 144 valence electrons. The fraction of sp³-hybridized carbons (Fsp3) is 0.381. The summed E-state index contributed by atoms with van der Waals surface area (Å²) in [5.74, 6) is -0.270. The molecule has 0 aromatic heterocycles. The van der Waals surface area contributed by atoms with Gasteiger partial charge < -0.3 is 15.4 Å². The van der Waals surface area contributed by atoms with E-state index in [4.69, 9.17) is 4.74 Å². The second kappa shape index (κ2) is 9.48. The zero-order valence-corrected chi connectivity index (χ0v) is 15.5. The minimum absolute atomic E-state index is 0.0950. The van der Waals surface area contributed by atoms with E-state index in [-0.39, 0.29) is 23.9 Å². The predicted molar refractivity (Wildman–Crippen MR) is 103 cm³/mol. The van der Waals surface area contributed by atoms with Crippen molar-refractivity contribution in [1.29, 1.82) is 0 Å². The minimum atomic E-state index is -0.270. The van der Waals surface area contributed by atoms with E-state index >= 15 is 0 Å². The van der Waals surface area contributed by atoms with Crippen LogP contribution in [0.1, 0.15) is 30.1 Å². The number of urea groups is 1. The van der Waals surface area contributed by atoms with Crippen LogP contribution in [0.4, 0.5) is 9.18 Å². The molecule has 0 radical (unpaired) electrons. The molecule has 0 bridgehead atoms. The van der Waals surface area contributed by atoms with Gasteiger partial charge in [0.05, 0.1) is 25.3 Å². The molecule has 2 amide bonds. The lowest BCUT2D eigenvalue weighted by Crippen LogP contribution is -2.46. The van der Waals surface area contributed by atoms with E-state index in [1.165, 1.54) is 12.1 Å². The first-order chi connectivity index (χ1) is 13.1. The van der Waals surface area contributed by atoms with E-state index < -0.39 is 0 Å². The molecule has 2 aromatic carbocycles. The Bertz CT molecular complexity index is 735. The van der Waals surface area contributed by atoms with E-state index in [0.29, 0.717) is 19.8 Å². The number of carbonyl (C=O) groups is 1. The molecule has 1 heterocycles. The van der Waals surface area contributed by atoms with Gasteiger partial charge in [0.2, 0.25) is 0 Å². The maximum absolute atomic E-state index is 13.7. The Morgan fingerprint density at radius 2 is 1.81 bits per heavy atom. The van der Waals surface area contributed by atoms with Crippen molar-refractivity contribution in [3.8, 4) is 0 Å². The van der Waals surface area contributed by atoms with Crippen LogP contribution >= 0.6 is 0 Å². The smallest absolute Gasteiger partial charge is 0.315 e. The lowest BCUT2D eigenvalue weighted by molar-refractivity contribution is 0.0166. The van der Waals surface area contributed by atoms with Crippen molar-refractivity contribution in [2.24, 2.45) is 0 Å². The molecule has 1 saturated heterocycles. The van der Waals surface area contributed by atoms with E-state index in [1.54, 1.807) is 6.07 Å². The minimum Gasteiger partial charge on any atom is -0.379 e. The van der Waals surface area contributed by atoms with Gasteiger partial charge in [-0.2, -0.15) is 0 Å². The monoisotopic (exact) mass is 371 g/mol. The Morgan fingerprint density at radius 1 is 1.11 bits per heavy atom. The number of nitrogens with zero attached hydrogens (tertiary/aromatic N) is 1. The largest absolute Gasteiger partial charge is 0.379 e. The van der Waals surface area contributed by atoms with Crippen molar-refractivity contribution >= 4 is 6.03 Å². The van der Waals surface area contributed by atoms with Crippen LogP contribution in [-0.2, 0) is 4.74 Å². The molecule has 1 aliphatic rings. The third-order valence-corrected chi connectivity index (χ3v) is 4.82. The molecule has 6 heteroatoms. The van der Waals surface area contributed by atoms with Gasteiger partial charge in [0.1, 0.15) is 5.82 Å². The highest BCUT2D eigenvalue weighted by molar-refractivity contribution is 5.74. The van der Waals surface area contributed by atoms with Gasteiger partial charge in [-0.15, -0.1) is 0 Å². The molecule has 3 rings (SSSR count). The molecule has 2 aromatic rings. The lowest BCUT2D eigenvalue weighted by Gasteiger charge is -2.35. The number of hydrogen-bond acceptors (Lipinski definition) is 3. The Kier molecular flexibility index (Phi) is 6.79. The number of rotatable bonds is 6. The summed E-state index contributed by atoms with van der Waals surface area (Å²) < 4.78 is 19.1. The van der Waals surface area contributed by atoms with Crippen LogP contribution in [0.3, 0.4) is 0 Å². The fourth-order valence-electron chi connectivity index (χ4n) is 3.32. The van der Waals surface area contributed by atoms with Crippen LogP contribution in [0, 0.1) is 5.82 Å². The van der Waals surface area contributed by atoms with Crippen molar-refractivity contribution in [3.63, 3.8) is 0 Å². The van der Waals surface area contributed by atoms with Crippen LogP contribution in [0.25, 0.3) is 0 Å². The lowest BCUT2D eigenvalue weighted by atomic mass is 10.0. The van der Waals surface area contributed by atoms with Gasteiger partial charge in [0.15, 0.2) is 0 Å². The predicted octanol–water partition coefficient (Wildman–Crippen LogP) is 3.26. The number of amides is 2. The van der Waals surface area contributed by atoms with Gasteiger partial charge in [0, 0.05) is 19.6 Å². The molecule has 2 N–H and O–H groups in total. The maximum atomic E-state index is 13.7. The summed E-state index contributed by atoms with van der Waals surface area (Å²) in [6.45, 7) is 5.14. The van der Waals surface area contributed by atoms with Gasteiger partial charge in [-0.25, -0.2) is 9.18 Å². The highest BCUT2D eigenvalue weighted by Gasteiger charge is 2.23. The van der Waals surface area contributed by atoms with Crippen molar-refractivity contribution in [2.75, 3.05) is 32.8 Å². The molecule has 2 unspecified atom stereocenters. The summed E-state index contributed by atoms with van der Waals surface area (Å²) in [6.07, 6.45) is 0. The number of hydrogen-bond donors (Lipinski definition) is 2. The van der Waals surface area contributed by atoms with Crippen molar-refractivity contribution in [2.45, 2.75) is 19.0 Å². The summed E-state index contributed by atoms with van der Waals surface area (Å²) in [5.41, 5.74) is 1.90. The molecular formula is C21H26FN3O2. The Labute approximate surface area is 159 Å². The molecule has 0 saturated carbocycles. The van der Waals surface area contributed by atoms with E-state index in [2.05, 4.69) is 15.5 Å². The molecule has 1 fully saturated rings. The average Bonchev–Trinajstić information content (AvgIpc) is 2.70. The Balaban J connectivity index is 1.62. The van der Waals surface area contributed by atoms with E-state index in [0.717, 1.165) is 24.2 Å². The second-order valence-corrected chi connectivity index (χ2v) is 6.71. The normalized spacial score (nSPS) is 17.1. The summed E-state index contributed by atoms with van der Waals surface area (Å²) in [5, 5.41) is 5.89. The van der Waals surface area contributed by atoms with Gasteiger partial charge in [-0.05, 0) is 30.2 Å². The van der Waals surface area contributed by atoms with Gasteiger partial charge in [-0.3, -0.25) is 4.90 Å². The molecule has 1 aliphatic heterocycles. The van der Waals surface area contributed by atoms with Gasteiger partial charge in [0.25, 0.3) is 0 Å². The molecular weight excluding hydrogens is 345 g/mol. The number of morpholine rings is 1. The average molecular weight is 371 g/mol. The second-order valence-electron chi connectivity index (χ2n) is 6.71. The van der Waals surface area contributed by atoms with Crippen LogP contribution in [0.15, 0.2) is 54.6 Å². The third kappa shape index (κ3) is 5.52. The molecule has 0 spiro atoms. The molecule has 2 atom stereocenters. The zero-order valence-electron chi connectivity index (χ0n) is 15.5. The molecule has 27 heavy (non-hydrogen) atoms. The Hall–Kier alpha value is -2.44. The van der Waals surface area contributed by atoms with Gasteiger partial charge in [-0.1, -0.05) is 42.5 Å². The third-order valence-electron chi connectivity index (χ3n) is 4.82. The van der Waals surface area contributed by atoms with Gasteiger partial charge >= 0.3 is 6.03 Å². The summed E-state index contributed by atoms with van der Waals surface area (Å²) in [7, 11) is 0. The highest BCUT2D eigenvalue weighted by atomic mass is 19.1. The number of nitrogens with one attached hydrogen (secondary N) is 2. The molecule has 5 nitrogen and oxygen atoms in total. The van der Waals surface area contributed by atoms with Crippen LogP contribution in [0.2, 0.25) is 0 Å². The SMILES string of the molecule is CC(NC(=O)NCC(c1cccc(F)c1)N1CCOCC1)c1ccccc1. The number of ether oxygens (including phenoxy) is 1. The molecule has 0 aliphatic carbocycles. The van der Waals surface area contributed by atoms with Crippen LogP contribution < -0.4 is 10.6 Å². The van der Waals surface area contributed by atoms with E-state index in [9.17, 15) is 9.18 Å².